The zero-order valence-electron chi connectivity index (χ0n) is 10.1. The third-order valence-corrected chi connectivity index (χ3v) is 2.93. The highest BCUT2D eigenvalue weighted by atomic mass is 35.5. The first kappa shape index (κ1) is 15.1. The largest absolute Gasteiger partial charge is 0.479 e. The Morgan fingerprint density at radius 2 is 2.17 bits per heavy atom. The van der Waals surface area contributed by atoms with Crippen LogP contribution in [-0.4, -0.2) is 19.2 Å². The van der Waals surface area contributed by atoms with Crippen molar-refractivity contribution < 1.29 is 18.7 Å². The number of esters is 1. The van der Waals surface area contributed by atoms with Gasteiger partial charge >= 0.3 is 5.97 Å². The van der Waals surface area contributed by atoms with E-state index in [1.165, 1.54) is 6.07 Å². The number of alkyl halides is 1. The molecule has 0 fully saturated rings. The summed E-state index contributed by atoms with van der Waals surface area (Å²) >= 11 is 11.6. The minimum Gasteiger partial charge on any atom is -0.479 e. The van der Waals surface area contributed by atoms with Crippen LogP contribution in [0.5, 0.6) is 5.75 Å². The molecule has 0 aliphatic heterocycles. The number of carbonyl (C=O) groups excluding carboxylic acids is 1. The van der Waals surface area contributed by atoms with E-state index in [0.717, 1.165) is 0 Å². The van der Waals surface area contributed by atoms with Crippen LogP contribution in [0.15, 0.2) is 6.07 Å². The van der Waals surface area contributed by atoms with E-state index in [4.69, 9.17) is 27.9 Å². The number of halogens is 3. The van der Waals surface area contributed by atoms with Gasteiger partial charge in [0.1, 0.15) is 0 Å². The van der Waals surface area contributed by atoms with Gasteiger partial charge in [-0.05, 0) is 25.0 Å². The minimum absolute atomic E-state index is 0.0839. The topological polar surface area (TPSA) is 35.5 Å². The van der Waals surface area contributed by atoms with Gasteiger partial charge in [-0.1, -0.05) is 11.6 Å². The zero-order valence-corrected chi connectivity index (χ0v) is 11.6. The zero-order chi connectivity index (χ0) is 13.7. The Hall–Kier alpha value is -1.00. The molecule has 0 unspecified atom stereocenters. The van der Waals surface area contributed by atoms with Crippen molar-refractivity contribution in [1.82, 2.24) is 0 Å². The van der Waals surface area contributed by atoms with Crippen molar-refractivity contribution in [2.24, 2.45) is 0 Å². The second-order valence-electron chi connectivity index (χ2n) is 3.50. The Labute approximate surface area is 115 Å². The van der Waals surface area contributed by atoms with E-state index in [0.29, 0.717) is 16.1 Å². The van der Waals surface area contributed by atoms with Crippen molar-refractivity contribution in [3.8, 4) is 5.75 Å². The number of carbonyl (C=O) groups is 1. The molecule has 0 saturated carbocycles. The molecule has 0 aromatic heterocycles. The highest BCUT2D eigenvalue weighted by molar-refractivity contribution is 6.32. The van der Waals surface area contributed by atoms with Crippen molar-refractivity contribution in [2.45, 2.75) is 19.7 Å². The molecule has 0 heterocycles. The molecule has 1 aromatic carbocycles. The van der Waals surface area contributed by atoms with Gasteiger partial charge in [-0.15, -0.1) is 11.6 Å². The molecule has 0 amide bonds. The molecule has 0 atom stereocenters. The van der Waals surface area contributed by atoms with Gasteiger partial charge in [0, 0.05) is 17.0 Å². The Bertz CT molecular complexity index is 449. The number of ether oxygens (including phenoxy) is 2. The van der Waals surface area contributed by atoms with Crippen molar-refractivity contribution >= 4 is 29.2 Å². The SMILES string of the molecule is CCOC(=O)COc1cc(Cl)c(CCl)c(C)c1F. The van der Waals surface area contributed by atoms with Gasteiger partial charge in [-0.25, -0.2) is 9.18 Å². The molecule has 1 aromatic rings. The summed E-state index contributed by atoms with van der Waals surface area (Å²) in [4.78, 5) is 11.1. The van der Waals surface area contributed by atoms with Crippen LogP contribution in [0.25, 0.3) is 0 Å². The van der Waals surface area contributed by atoms with Crippen LogP contribution in [-0.2, 0) is 15.4 Å². The fourth-order valence-corrected chi connectivity index (χ4v) is 2.09. The first-order chi connectivity index (χ1) is 8.51. The molecule has 6 heteroatoms. The lowest BCUT2D eigenvalue weighted by molar-refractivity contribution is -0.145. The van der Waals surface area contributed by atoms with Crippen LogP contribution in [0.2, 0.25) is 5.02 Å². The molecule has 3 nitrogen and oxygen atoms in total. The summed E-state index contributed by atoms with van der Waals surface area (Å²) in [6, 6.07) is 1.31. The van der Waals surface area contributed by atoms with E-state index < -0.39 is 11.8 Å². The fourth-order valence-electron chi connectivity index (χ4n) is 1.37. The third kappa shape index (κ3) is 3.50. The molecule has 0 bridgehead atoms. The van der Waals surface area contributed by atoms with Crippen LogP contribution in [0, 0.1) is 12.7 Å². The molecule has 0 spiro atoms. The first-order valence-corrected chi connectivity index (χ1v) is 6.24. The van der Waals surface area contributed by atoms with Crippen molar-refractivity contribution in [1.29, 1.82) is 0 Å². The van der Waals surface area contributed by atoms with E-state index in [-0.39, 0.29) is 24.8 Å². The Morgan fingerprint density at radius 1 is 1.50 bits per heavy atom. The molecule has 1 rings (SSSR count). The van der Waals surface area contributed by atoms with E-state index in [1.54, 1.807) is 13.8 Å². The summed E-state index contributed by atoms with van der Waals surface area (Å²) in [6.07, 6.45) is 0. The standard InChI is InChI=1S/C12H13Cl2FO3/c1-3-17-11(16)6-18-10-4-9(14)8(5-13)7(2)12(10)15/h4H,3,5-6H2,1-2H3. The Balaban J connectivity index is 2.88. The van der Waals surface area contributed by atoms with Crippen LogP contribution >= 0.6 is 23.2 Å². The predicted molar refractivity (Wildman–Crippen MR) is 67.8 cm³/mol. The maximum atomic E-state index is 13.9. The molecule has 0 aliphatic carbocycles. The molecule has 0 saturated heterocycles. The maximum Gasteiger partial charge on any atom is 0.344 e. The summed E-state index contributed by atoms with van der Waals surface area (Å²) in [5.74, 6) is -1.11. The lowest BCUT2D eigenvalue weighted by Gasteiger charge is -2.12. The molecule has 100 valence electrons. The summed E-state index contributed by atoms with van der Waals surface area (Å²) in [5.41, 5.74) is 0.829. The maximum absolute atomic E-state index is 13.9. The molecule has 0 N–H and O–H groups in total. The number of hydrogen-bond acceptors (Lipinski definition) is 3. The van der Waals surface area contributed by atoms with E-state index in [9.17, 15) is 9.18 Å². The smallest absolute Gasteiger partial charge is 0.344 e. The van der Waals surface area contributed by atoms with Gasteiger partial charge < -0.3 is 9.47 Å². The predicted octanol–water partition coefficient (Wildman–Crippen LogP) is 3.47. The summed E-state index contributed by atoms with van der Waals surface area (Å²) in [7, 11) is 0. The minimum atomic E-state index is -0.570. The van der Waals surface area contributed by atoms with Crippen molar-refractivity contribution in [2.75, 3.05) is 13.2 Å². The van der Waals surface area contributed by atoms with Crippen molar-refractivity contribution in [3.05, 3.63) is 28.0 Å². The molecular formula is C12H13Cl2FO3. The van der Waals surface area contributed by atoms with Gasteiger partial charge in [-0.3, -0.25) is 0 Å². The summed E-state index contributed by atoms with van der Waals surface area (Å²) < 4.78 is 23.6. The normalized spacial score (nSPS) is 10.3. The number of benzene rings is 1. The monoisotopic (exact) mass is 294 g/mol. The summed E-state index contributed by atoms with van der Waals surface area (Å²) in [5, 5.41) is 0.308. The van der Waals surface area contributed by atoms with Crippen LogP contribution in [0.4, 0.5) is 4.39 Å². The average Bonchev–Trinajstić information content (AvgIpc) is 2.33. The molecule has 0 aliphatic rings. The third-order valence-electron chi connectivity index (χ3n) is 2.33. The van der Waals surface area contributed by atoms with Crippen LogP contribution in [0.1, 0.15) is 18.1 Å². The first-order valence-electron chi connectivity index (χ1n) is 5.33. The van der Waals surface area contributed by atoms with Crippen LogP contribution < -0.4 is 4.74 Å². The lowest BCUT2D eigenvalue weighted by Crippen LogP contribution is -2.15. The molecule has 0 radical (unpaired) electrons. The fraction of sp³-hybridized carbons (Fsp3) is 0.417. The van der Waals surface area contributed by atoms with Gasteiger partial charge in [-0.2, -0.15) is 0 Å². The molecule has 18 heavy (non-hydrogen) atoms. The van der Waals surface area contributed by atoms with Gasteiger partial charge in [0.25, 0.3) is 0 Å². The second-order valence-corrected chi connectivity index (χ2v) is 4.18. The van der Waals surface area contributed by atoms with E-state index in [1.807, 2.05) is 0 Å². The summed E-state index contributed by atoms with van der Waals surface area (Å²) in [6.45, 7) is 3.11. The Kier molecular flexibility index (Phi) is 5.69. The number of rotatable bonds is 5. The highest BCUT2D eigenvalue weighted by Crippen LogP contribution is 2.31. The highest BCUT2D eigenvalue weighted by Gasteiger charge is 2.15. The Morgan fingerprint density at radius 3 is 2.72 bits per heavy atom. The van der Waals surface area contributed by atoms with E-state index in [2.05, 4.69) is 4.74 Å². The second kappa shape index (κ2) is 6.81. The van der Waals surface area contributed by atoms with Gasteiger partial charge in [0.05, 0.1) is 6.61 Å². The van der Waals surface area contributed by atoms with Crippen LogP contribution in [0.3, 0.4) is 0 Å². The lowest BCUT2D eigenvalue weighted by atomic mass is 10.1. The quantitative estimate of drug-likeness (QED) is 0.616. The van der Waals surface area contributed by atoms with E-state index >= 15 is 0 Å². The van der Waals surface area contributed by atoms with Gasteiger partial charge in [0.15, 0.2) is 18.2 Å². The van der Waals surface area contributed by atoms with Gasteiger partial charge in [0.2, 0.25) is 0 Å². The number of hydrogen-bond donors (Lipinski definition) is 0. The molecular weight excluding hydrogens is 282 g/mol. The van der Waals surface area contributed by atoms with Crippen molar-refractivity contribution in [3.63, 3.8) is 0 Å². The average molecular weight is 295 g/mol.